The lowest BCUT2D eigenvalue weighted by Gasteiger charge is -2.31. The monoisotopic (exact) mass is 303 g/mol. The Morgan fingerprint density at radius 1 is 1.05 bits per heavy atom. The summed E-state index contributed by atoms with van der Waals surface area (Å²) in [6.07, 6.45) is 0.926. The van der Waals surface area contributed by atoms with Gasteiger partial charge in [-0.05, 0) is 35.7 Å². The molecule has 0 fully saturated rings. The fourth-order valence-electron chi connectivity index (χ4n) is 2.67. The summed E-state index contributed by atoms with van der Waals surface area (Å²) in [4.78, 5) is 2.17. The zero-order valence-corrected chi connectivity index (χ0v) is 12.3. The van der Waals surface area contributed by atoms with Crippen LogP contribution in [0.1, 0.15) is 11.1 Å². The van der Waals surface area contributed by atoms with Crippen molar-refractivity contribution in [2.75, 3.05) is 17.2 Å². The van der Waals surface area contributed by atoms with Gasteiger partial charge in [0.2, 0.25) is 10.0 Å². The van der Waals surface area contributed by atoms with Crippen molar-refractivity contribution in [3.8, 4) is 0 Å². The molecule has 0 unspecified atom stereocenters. The van der Waals surface area contributed by atoms with Crippen molar-refractivity contribution < 1.29 is 8.42 Å². The summed E-state index contributed by atoms with van der Waals surface area (Å²) in [5.74, 6) is 0. The van der Waals surface area contributed by atoms with E-state index in [1.54, 1.807) is 12.1 Å². The summed E-state index contributed by atoms with van der Waals surface area (Å²) in [5.41, 5.74) is 9.59. The molecule has 0 atom stereocenters. The molecule has 2 aromatic rings. The summed E-state index contributed by atoms with van der Waals surface area (Å²) in [6.45, 7) is 1.56. The van der Waals surface area contributed by atoms with Crippen molar-refractivity contribution in [1.29, 1.82) is 0 Å². The van der Waals surface area contributed by atoms with Crippen LogP contribution in [0.4, 0.5) is 11.4 Å². The lowest BCUT2D eigenvalue weighted by atomic mass is 9.99. The topological polar surface area (TPSA) is 89.4 Å². The van der Waals surface area contributed by atoms with Gasteiger partial charge in [0.05, 0.1) is 4.90 Å². The fraction of sp³-hybridized carbons (Fsp3) is 0.200. The minimum Gasteiger partial charge on any atom is -0.399 e. The fourth-order valence-corrected chi connectivity index (χ4v) is 3.25. The minimum absolute atomic E-state index is 0.0522. The summed E-state index contributed by atoms with van der Waals surface area (Å²) in [7, 11) is -3.75. The summed E-state index contributed by atoms with van der Waals surface area (Å²) in [6, 6.07) is 13.0. The van der Waals surface area contributed by atoms with E-state index in [0.717, 1.165) is 25.2 Å². The van der Waals surface area contributed by atoms with Crippen molar-refractivity contribution in [1.82, 2.24) is 0 Å². The molecule has 6 heteroatoms. The van der Waals surface area contributed by atoms with Gasteiger partial charge in [0.15, 0.2) is 0 Å². The number of hydrogen-bond acceptors (Lipinski definition) is 4. The first-order chi connectivity index (χ1) is 9.93. The van der Waals surface area contributed by atoms with Crippen LogP contribution in [0.15, 0.2) is 47.4 Å². The third kappa shape index (κ3) is 2.86. The predicted molar refractivity (Wildman–Crippen MR) is 83.4 cm³/mol. The molecular weight excluding hydrogens is 286 g/mol. The van der Waals surface area contributed by atoms with E-state index < -0.39 is 10.0 Å². The first-order valence-corrected chi connectivity index (χ1v) is 8.23. The number of rotatable bonds is 2. The number of nitrogens with two attached hydrogens (primary N) is 2. The van der Waals surface area contributed by atoms with Crippen molar-refractivity contribution in [2.45, 2.75) is 17.9 Å². The maximum absolute atomic E-state index is 11.5. The Hall–Kier alpha value is -2.05. The Labute approximate surface area is 124 Å². The standard InChI is InChI=1S/C15H17N3O2S/c16-13-7-14(9-15(8-13)21(17,19)20)18-6-5-11-3-1-2-4-12(11)10-18/h1-4,7-9H,5-6,10,16H2,(H2,17,19,20). The van der Waals surface area contributed by atoms with Crippen molar-refractivity contribution >= 4 is 21.4 Å². The van der Waals surface area contributed by atoms with Crippen LogP contribution in [0, 0.1) is 0 Å². The second kappa shape index (κ2) is 5.05. The van der Waals surface area contributed by atoms with Crippen LogP contribution in [0.5, 0.6) is 0 Å². The van der Waals surface area contributed by atoms with Crippen LogP contribution in [0.3, 0.4) is 0 Å². The van der Waals surface area contributed by atoms with E-state index in [9.17, 15) is 8.42 Å². The van der Waals surface area contributed by atoms with E-state index in [1.165, 1.54) is 17.2 Å². The Kier molecular flexibility index (Phi) is 3.35. The SMILES string of the molecule is Nc1cc(N2CCc3ccccc3C2)cc(S(N)(=O)=O)c1. The molecule has 5 nitrogen and oxygen atoms in total. The van der Waals surface area contributed by atoms with Crippen LogP contribution >= 0.6 is 0 Å². The lowest BCUT2D eigenvalue weighted by molar-refractivity contribution is 0.597. The van der Waals surface area contributed by atoms with Gasteiger partial charge in [-0.1, -0.05) is 24.3 Å². The van der Waals surface area contributed by atoms with E-state index in [4.69, 9.17) is 10.9 Å². The molecule has 1 heterocycles. The molecule has 0 saturated carbocycles. The second-order valence-corrected chi connectivity index (χ2v) is 6.81. The molecule has 1 aliphatic heterocycles. The Balaban J connectivity index is 1.97. The van der Waals surface area contributed by atoms with Gasteiger partial charge < -0.3 is 10.6 Å². The van der Waals surface area contributed by atoms with Crippen LogP contribution in [0.25, 0.3) is 0 Å². The van der Waals surface area contributed by atoms with Crippen molar-refractivity contribution in [3.63, 3.8) is 0 Å². The molecule has 21 heavy (non-hydrogen) atoms. The van der Waals surface area contributed by atoms with E-state index in [1.807, 2.05) is 12.1 Å². The normalized spacial score (nSPS) is 14.8. The highest BCUT2D eigenvalue weighted by Gasteiger charge is 2.18. The number of sulfonamides is 1. The van der Waals surface area contributed by atoms with Gasteiger partial charge in [-0.15, -0.1) is 0 Å². The number of fused-ring (bicyclic) bond motifs is 1. The Morgan fingerprint density at radius 2 is 1.76 bits per heavy atom. The molecule has 0 radical (unpaired) electrons. The number of benzene rings is 2. The minimum atomic E-state index is -3.75. The van der Waals surface area contributed by atoms with Crippen LogP contribution in [0.2, 0.25) is 0 Å². The molecule has 3 rings (SSSR count). The van der Waals surface area contributed by atoms with Gasteiger partial charge in [0.1, 0.15) is 0 Å². The Morgan fingerprint density at radius 3 is 2.48 bits per heavy atom. The second-order valence-electron chi connectivity index (χ2n) is 5.25. The van der Waals surface area contributed by atoms with Crippen LogP contribution in [-0.2, 0) is 23.0 Å². The van der Waals surface area contributed by atoms with E-state index >= 15 is 0 Å². The van der Waals surface area contributed by atoms with Gasteiger partial charge in [0.25, 0.3) is 0 Å². The third-order valence-corrected chi connectivity index (χ3v) is 4.63. The maximum atomic E-state index is 11.5. The molecule has 0 saturated heterocycles. The van der Waals surface area contributed by atoms with E-state index in [0.29, 0.717) is 5.69 Å². The highest BCUT2D eigenvalue weighted by Crippen LogP contribution is 2.28. The molecule has 1 aliphatic rings. The quantitative estimate of drug-likeness (QED) is 0.822. The predicted octanol–water partition coefficient (Wildman–Crippen LogP) is 1.48. The van der Waals surface area contributed by atoms with Crippen molar-refractivity contribution in [3.05, 3.63) is 53.6 Å². The molecule has 0 bridgehead atoms. The van der Waals surface area contributed by atoms with Gasteiger partial charge in [-0.3, -0.25) is 0 Å². The van der Waals surface area contributed by atoms with Crippen LogP contribution < -0.4 is 15.8 Å². The number of primary sulfonamides is 1. The van der Waals surface area contributed by atoms with E-state index in [2.05, 4.69) is 17.0 Å². The average molecular weight is 303 g/mol. The molecule has 110 valence electrons. The number of anilines is 2. The zero-order chi connectivity index (χ0) is 15.0. The molecule has 0 amide bonds. The number of hydrogen-bond donors (Lipinski definition) is 2. The zero-order valence-electron chi connectivity index (χ0n) is 11.5. The van der Waals surface area contributed by atoms with Crippen LogP contribution in [-0.4, -0.2) is 15.0 Å². The number of nitrogens with zero attached hydrogens (tertiary/aromatic N) is 1. The Bertz CT molecular complexity index is 787. The van der Waals surface area contributed by atoms with Gasteiger partial charge in [-0.2, -0.15) is 0 Å². The highest BCUT2D eigenvalue weighted by atomic mass is 32.2. The molecular formula is C15H17N3O2S. The average Bonchev–Trinajstić information content (AvgIpc) is 2.45. The van der Waals surface area contributed by atoms with Crippen molar-refractivity contribution in [2.24, 2.45) is 5.14 Å². The first kappa shape index (κ1) is 13.9. The lowest BCUT2D eigenvalue weighted by Crippen LogP contribution is -2.30. The summed E-state index contributed by atoms with van der Waals surface area (Å²) < 4.78 is 23.0. The third-order valence-electron chi connectivity index (χ3n) is 3.74. The highest BCUT2D eigenvalue weighted by molar-refractivity contribution is 7.89. The molecule has 0 aromatic heterocycles. The molecule has 0 aliphatic carbocycles. The molecule has 4 N–H and O–H groups in total. The van der Waals surface area contributed by atoms with E-state index in [-0.39, 0.29) is 4.90 Å². The maximum Gasteiger partial charge on any atom is 0.238 e. The van der Waals surface area contributed by atoms with Gasteiger partial charge in [0, 0.05) is 24.5 Å². The smallest absolute Gasteiger partial charge is 0.238 e. The molecule has 0 spiro atoms. The largest absolute Gasteiger partial charge is 0.399 e. The van der Waals surface area contributed by atoms with Gasteiger partial charge >= 0.3 is 0 Å². The van der Waals surface area contributed by atoms with Gasteiger partial charge in [-0.25, -0.2) is 13.6 Å². The summed E-state index contributed by atoms with van der Waals surface area (Å²) in [5, 5.41) is 5.20. The molecule has 2 aromatic carbocycles. The number of nitrogen functional groups attached to an aromatic ring is 1. The summed E-state index contributed by atoms with van der Waals surface area (Å²) >= 11 is 0. The first-order valence-electron chi connectivity index (χ1n) is 6.68.